The van der Waals surface area contributed by atoms with E-state index in [0.29, 0.717) is 29.0 Å². The van der Waals surface area contributed by atoms with Gasteiger partial charge in [-0.05, 0) is 25.3 Å². The van der Waals surface area contributed by atoms with Crippen LogP contribution in [0.4, 0.5) is 5.82 Å². The molecule has 2 atom stereocenters. The molecule has 0 radical (unpaired) electrons. The van der Waals surface area contributed by atoms with Gasteiger partial charge >= 0.3 is 0 Å². The van der Waals surface area contributed by atoms with Crippen molar-refractivity contribution in [1.82, 2.24) is 25.0 Å². The minimum Gasteiger partial charge on any atom is -0.371 e. The van der Waals surface area contributed by atoms with Crippen LogP contribution in [0.1, 0.15) is 37.1 Å². The molecule has 0 bridgehead atoms. The normalized spacial score (nSPS) is 20.5. The molecule has 0 aromatic carbocycles. The van der Waals surface area contributed by atoms with Crippen molar-refractivity contribution in [3.8, 4) is 11.8 Å². The molecule has 3 heterocycles. The summed E-state index contributed by atoms with van der Waals surface area (Å²) in [7, 11) is 1.77. The number of nitrogens with zero attached hydrogens (tertiary/aromatic N) is 5. The minimum absolute atomic E-state index is 0.150. The van der Waals surface area contributed by atoms with Gasteiger partial charge in [0.15, 0.2) is 5.82 Å². The molecule has 142 valence electrons. The number of anilines is 1. The van der Waals surface area contributed by atoms with Gasteiger partial charge in [-0.1, -0.05) is 18.8 Å². The van der Waals surface area contributed by atoms with Crippen molar-refractivity contribution in [2.75, 3.05) is 12.4 Å². The molecule has 1 aliphatic carbocycles. The number of hydrogen-bond acceptors (Lipinski definition) is 6. The molecule has 8 heteroatoms. The Morgan fingerprint density at radius 2 is 2.18 bits per heavy atom. The topological polar surface area (TPSA) is 112 Å². The minimum atomic E-state index is -0.739. The molecule has 28 heavy (non-hydrogen) atoms. The number of primary amides is 1. The van der Waals surface area contributed by atoms with Crippen LogP contribution < -0.4 is 11.1 Å². The van der Waals surface area contributed by atoms with Gasteiger partial charge in [0.25, 0.3) is 0 Å². The van der Waals surface area contributed by atoms with Gasteiger partial charge in [-0.3, -0.25) is 9.48 Å². The van der Waals surface area contributed by atoms with E-state index in [0.717, 1.165) is 17.5 Å². The Hall–Kier alpha value is -3.47. The number of carbonyl (C=O) groups is 1. The molecule has 3 N–H and O–H groups in total. The summed E-state index contributed by atoms with van der Waals surface area (Å²) in [5, 5.41) is 16.7. The molecule has 2 unspecified atom stereocenters. The lowest BCUT2D eigenvalue weighted by molar-refractivity contribution is -0.120. The first-order valence-electron chi connectivity index (χ1n) is 9.18. The third-order valence-electron chi connectivity index (χ3n) is 5.37. The highest BCUT2D eigenvalue weighted by molar-refractivity contribution is 5.95. The maximum atomic E-state index is 12.1. The van der Waals surface area contributed by atoms with Crippen LogP contribution in [-0.2, 0) is 16.8 Å². The van der Waals surface area contributed by atoms with Gasteiger partial charge < -0.3 is 11.1 Å². The molecule has 8 nitrogen and oxygen atoms in total. The van der Waals surface area contributed by atoms with Crippen LogP contribution in [-0.4, -0.2) is 37.9 Å². The van der Waals surface area contributed by atoms with Crippen LogP contribution >= 0.6 is 0 Å². The Balaban J connectivity index is 1.85. The number of nitrogens with one attached hydrogen (secondary N) is 1. The van der Waals surface area contributed by atoms with Crippen LogP contribution in [0.2, 0.25) is 0 Å². The molecule has 0 aliphatic heterocycles. The molecule has 4 rings (SSSR count). The monoisotopic (exact) mass is 375 g/mol. The van der Waals surface area contributed by atoms with Crippen LogP contribution in [0.15, 0.2) is 24.7 Å². The maximum absolute atomic E-state index is 12.1. The number of aryl methyl sites for hydroxylation is 1. The molecular formula is C20H21N7O. The highest BCUT2D eigenvalue weighted by Crippen LogP contribution is 2.53. The van der Waals surface area contributed by atoms with Gasteiger partial charge in [0.2, 0.25) is 5.91 Å². The van der Waals surface area contributed by atoms with Crippen molar-refractivity contribution in [2.24, 2.45) is 11.7 Å². The summed E-state index contributed by atoms with van der Waals surface area (Å²) in [6, 6.07) is 1.87. The SMILES string of the molecule is CCn1cc(C#Cc2cnc(NC)c3nnc(C4(C(N)=O)CC4C)cc23)cn1. The summed E-state index contributed by atoms with van der Waals surface area (Å²) in [4.78, 5) is 16.5. The molecule has 0 spiro atoms. The largest absolute Gasteiger partial charge is 0.371 e. The molecule has 1 amide bonds. The Bertz CT molecular complexity index is 1140. The second kappa shape index (κ2) is 6.60. The fraction of sp³-hybridized carbons (Fsp3) is 0.350. The quantitative estimate of drug-likeness (QED) is 0.668. The first kappa shape index (κ1) is 17.9. The van der Waals surface area contributed by atoms with E-state index in [-0.39, 0.29) is 11.8 Å². The highest BCUT2D eigenvalue weighted by Gasteiger charge is 2.59. The van der Waals surface area contributed by atoms with Crippen LogP contribution in [0.25, 0.3) is 10.9 Å². The van der Waals surface area contributed by atoms with E-state index in [9.17, 15) is 4.79 Å². The second-order valence-corrected chi connectivity index (χ2v) is 7.04. The Kier molecular flexibility index (Phi) is 4.23. The number of pyridine rings is 1. The van der Waals surface area contributed by atoms with E-state index in [1.807, 2.05) is 30.8 Å². The van der Waals surface area contributed by atoms with E-state index in [1.54, 1.807) is 19.4 Å². The van der Waals surface area contributed by atoms with E-state index in [2.05, 4.69) is 37.4 Å². The Morgan fingerprint density at radius 3 is 2.79 bits per heavy atom. The van der Waals surface area contributed by atoms with Gasteiger partial charge in [-0.25, -0.2) is 4.98 Å². The zero-order chi connectivity index (χ0) is 19.9. The van der Waals surface area contributed by atoms with Gasteiger partial charge in [-0.15, -0.1) is 5.10 Å². The lowest BCUT2D eigenvalue weighted by atomic mass is 9.96. The molecule has 3 aromatic rings. The lowest BCUT2D eigenvalue weighted by Gasteiger charge is -2.13. The number of carbonyl (C=O) groups excluding carboxylic acids is 1. The number of aromatic nitrogens is 5. The maximum Gasteiger partial charge on any atom is 0.230 e. The zero-order valence-corrected chi connectivity index (χ0v) is 16.0. The molecular weight excluding hydrogens is 354 g/mol. The average Bonchev–Trinajstić information content (AvgIpc) is 3.19. The fourth-order valence-electron chi connectivity index (χ4n) is 3.52. The van der Waals surface area contributed by atoms with Crippen molar-refractivity contribution in [3.63, 3.8) is 0 Å². The highest BCUT2D eigenvalue weighted by atomic mass is 16.1. The number of hydrogen-bond donors (Lipinski definition) is 2. The Morgan fingerprint density at radius 1 is 1.39 bits per heavy atom. The zero-order valence-electron chi connectivity index (χ0n) is 16.0. The fourth-order valence-corrected chi connectivity index (χ4v) is 3.52. The van der Waals surface area contributed by atoms with Gasteiger partial charge in [0, 0.05) is 31.4 Å². The van der Waals surface area contributed by atoms with Crippen molar-refractivity contribution in [2.45, 2.75) is 32.2 Å². The van der Waals surface area contributed by atoms with Crippen molar-refractivity contribution < 1.29 is 4.79 Å². The van der Waals surface area contributed by atoms with Crippen LogP contribution in [0, 0.1) is 17.8 Å². The van der Waals surface area contributed by atoms with E-state index in [1.165, 1.54) is 0 Å². The first-order chi connectivity index (χ1) is 13.5. The van der Waals surface area contributed by atoms with Crippen molar-refractivity contribution >= 4 is 22.6 Å². The summed E-state index contributed by atoms with van der Waals surface area (Å²) in [5.74, 6) is 6.66. The second-order valence-electron chi connectivity index (χ2n) is 7.04. The summed E-state index contributed by atoms with van der Waals surface area (Å²) in [6.45, 7) is 4.80. The molecule has 1 saturated carbocycles. The third kappa shape index (κ3) is 2.76. The number of rotatable bonds is 4. The Labute approximate surface area is 162 Å². The third-order valence-corrected chi connectivity index (χ3v) is 5.37. The molecule has 0 saturated heterocycles. The average molecular weight is 375 g/mol. The molecule has 1 aliphatic rings. The van der Waals surface area contributed by atoms with Crippen LogP contribution in [0.3, 0.4) is 0 Å². The predicted octanol–water partition coefficient (Wildman–Crippen LogP) is 1.45. The number of fused-ring (bicyclic) bond motifs is 1. The van der Waals surface area contributed by atoms with E-state index >= 15 is 0 Å². The summed E-state index contributed by atoms with van der Waals surface area (Å²) < 4.78 is 1.82. The first-order valence-corrected chi connectivity index (χ1v) is 9.18. The van der Waals surface area contributed by atoms with Gasteiger partial charge in [0.1, 0.15) is 5.52 Å². The van der Waals surface area contributed by atoms with Crippen LogP contribution in [0.5, 0.6) is 0 Å². The van der Waals surface area contributed by atoms with Crippen molar-refractivity contribution in [3.05, 3.63) is 41.5 Å². The smallest absolute Gasteiger partial charge is 0.230 e. The van der Waals surface area contributed by atoms with Gasteiger partial charge in [0.05, 0.1) is 28.4 Å². The number of amides is 1. The van der Waals surface area contributed by atoms with Gasteiger partial charge in [-0.2, -0.15) is 10.2 Å². The molecule has 1 fully saturated rings. The molecule has 3 aromatic heterocycles. The van der Waals surface area contributed by atoms with Crippen molar-refractivity contribution in [1.29, 1.82) is 0 Å². The number of nitrogens with two attached hydrogens (primary N) is 1. The van der Waals surface area contributed by atoms with E-state index in [4.69, 9.17) is 5.73 Å². The summed E-state index contributed by atoms with van der Waals surface area (Å²) >= 11 is 0. The lowest BCUT2D eigenvalue weighted by Crippen LogP contribution is -2.31. The summed E-state index contributed by atoms with van der Waals surface area (Å²) in [6.07, 6.45) is 6.00. The predicted molar refractivity (Wildman–Crippen MR) is 105 cm³/mol. The summed E-state index contributed by atoms with van der Waals surface area (Å²) in [5.41, 5.74) is 7.66. The van der Waals surface area contributed by atoms with E-state index < -0.39 is 5.41 Å². The standard InChI is InChI=1S/C20H21N7O/c1-4-27-11-13(9-24-27)5-6-14-10-23-18(22-3)17-15(14)7-16(25-26-17)20(19(21)28)8-12(20)2/h7,9-12H,4,8H2,1-3H3,(H2,21,28)(H,22,23).